The minimum Gasteiger partial charge on any atom is -0.491 e. The Kier molecular flexibility index (Phi) is 13.8. The maximum atomic E-state index is 12.9. The van der Waals surface area contributed by atoms with Crippen LogP contribution in [0.25, 0.3) is 22.3 Å². The number of esters is 2. The van der Waals surface area contributed by atoms with Gasteiger partial charge in [0, 0.05) is 0 Å². The lowest BCUT2D eigenvalue weighted by Crippen LogP contribution is -2.30. The Labute approximate surface area is 294 Å². The van der Waals surface area contributed by atoms with Crippen LogP contribution in [0.5, 0.6) is 23.0 Å². The summed E-state index contributed by atoms with van der Waals surface area (Å²) < 4.78 is 33.5. The average Bonchev–Trinajstić information content (AvgIpc) is 3.16. The molecule has 0 bridgehead atoms. The molecule has 0 unspecified atom stereocenters. The molecule has 1 fully saturated rings. The summed E-state index contributed by atoms with van der Waals surface area (Å²) >= 11 is 0. The van der Waals surface area contributed by atoms with E-state index in [1.807, 2.05) is 72.8 Å². The highest BCUT2D eigenvalue weighted by atomic mass is 16.5. The van der Waals surface area contributed by atoms with Gasteiger partial charge in [0.2, 0.25) is 0 Å². The van der Waals surface area contributed by atoms with E-state index in [1.54, 1.807) is 36.4 Å². The predicted octanol–water partition coefficient (Wildman–Crippen LogP) is 8.50. The molecule has 1 aliphatic rings. The van der Waals surface area contributed by atoms with Gasteiger partial charge >= 0.3 is 11.9 Å². The molecule has 0 spiro atoms. The van der Waals surface area contributed by atoms with Crippen molar-refractivity contribution in [3.05, 3.63) is 122 Å². The van der Waals surface area contributed by atoms with E-state index in [0.29, 0.717) is 76.8 Å². The summed E-state index contributed by atoms with van der Waals surface area (Å²) in [4.78, 5) is 25.9. The Morgan fingerprint density at radius 3 is 1.08 bits per heavy atom. The van der Waals surface area contributed by atoms with E-state index in [4.69, 9.17) is 28.4 Å². The summed E-state index contributed by atoms with van der Waals surface area (Å²) in [6.07, 6.45) is 5.71. The molecule has 4 aromatic carbocycles. The number of carbonyl (C=O) groups is 2. The number of hydrogen-bond donors (Lipinski definition) is 0. The fourth-order valence-corrected chi connectivity index (χ4v) is 5.65. The van der Waals surface area contributed by atoms with Gasteiger partial charge in [-0.1, -0.05) is 60.7 Å². The van der Waals surface area contributed by atoms with Crippen molar-refractivity contribution in [2.75, 3.05) is 39.6 Å². The van der Waals surface area contributed by atoms with E-state index >= 15 is 0 Å². The maximum Gasteiger partial charge on any atom is 0.314 e. The molecule has 0 N–H and O–H groups in total. The molecule has 1 aliphatic carbocycles. The van der Waals surface area contributed by atoms with Crippen LogP contribution in [0.2, 0.25) is 0 Å². The van der Waals surface area contributed by atoms with Crippen LogP contribution in [0.3, 0.4) is 0 Å². The zero-order chi connectivity index (χ0) is 35.0. The number of rotatable bonds is 18. The van der Waals surface area contributed by atoms with Crippen LogP contribution in [0.4, 0.5) is 0 Å². The first kappa shape index (κ1) is 36.1. The second kappa shape index (κ2) is 19.1. The standard InChI is InChI=1S/C42H44O8/c1-3-25-45-27-29-47-37-17-9-31(10-18-37)33-13-21-39(22-14-33)49-41(43)35-5-7-36(8-6-35)42(44)50-40-23-15-34(16-24-40)32-11-19-38(20-12-32)48-30-28-46-26-4-2/h3-4,9-24,35-36H,1-2,5-8,25-30H2/t35-,36-. The number of carbonyl (C=O) groups excluding carboxylic acids is 2. The van der Waals surface area contributed by atoms with Crippen molar-refractivity contribution in [1.82, 2.24) is 0 Å². The SMILES string of the molecule is C=CCOCCOc1ccc(-c2ccc(OC(=O)[C@H]3CC[C@H](C(=O)Oc4ccc(-c5ccc(OCCOCC=C)cc5)cc4)CC3)cc2)cc1. The quantitative estimate of drug-likeness (QED) is 0.0449. The second-order valence-electron chi connectivity index (χ2n) is 11.9. The molecule has 0 amide bonds. The first-order valence-corrected chi connectivity index (χ1v) is 17.0. The highest BCUT2D eigenvalue weighted by Crippen LogP contribution is 2.32. The maximum absolute atomic E-state index is 12.9. The molecule has 0 saturated heterocycles. The van der Waals surface area contributed by atoms with Crippen LogP contribution >= 0.6 is 0 Å². The van der Waals surface area contributed by atoms with Crippen LogP contribution in [-0.2, 0) is 19.1 Å². The van der Waals surface area contributed by atoms with Gasteiger partial charge in [-0.25, -0.2) is 0 Å². The van der Waals surface area contributed by atoms with E-state index in [9.17, 15) is 9.59 Å². The van der Waals surface area contributed by atoms with E-state index in [-0.39, 0.29) is 23.8 Å². The average molecular weight is 677 g/mol. The smallest absolute Gasteiger partial charge is 0.314 e. The highest BCUT2D eigenvalue weighted by Gasteiger charge is 2.32. The molecule has 4 aromatic rings. The Balaban J connectivity index is 1.02. The predicted molar refractivity (Wildman–Crippen MR) is 193 cm³/mol. The fourth-order valence-electron chi connectivity index (χ4n) is 5.65. The van der Waals surface area contributed by atoms with E-state index in [0.717, 1.165) is 33.8 Å². The molecule has 260 valence electrons. The first-order chi connectivity index (χ1) is 24.5. The lowest BCUT2D eigenvalue weighted by atomic mass is 9.82. The minimum atomic E-state index is -0.268. The van der Waals surface area contributed by atoms with Gasteiger partial charge in [-0.15, -0.1) is 13.2 Å². The van der Waals surface area contributed by atoms with Crippen LogP contribution in [-0.4, -0.2) is 51.6 Å². The molecule has 0 aliphatic heterocycles. The molecular formula is C42H44O8. The molecule has 8 nitrogen and oxygen atoms in total. The van der Waals surface area contributed by atoms with Crippen LogP contribution < -0.4 is 18.9 Å². The Hall–Kier alpha value is -5.18. The number of hydrogen-bond acceptors (Lipinski definition) is 8. The third-order valence-corrected chi connectivity index (χ3v) is 8.38. The van der Waals surface area contributed by atoms with Gasteiger partial charge in [0.25, 0.3) is 0 Å². The summed E-state index contributed by atoms with van der Waals surface area (Å²) in [5.41, 5.74) is 4.05. The van der Waals surface area contributed by atoms with E-state index in [1.165, 1.54) is 0 Å². The Morgan fingerprint density at radius 2 is 0.780 bits per heavy atom. The third-order valence-electron chi connectivity index (χ3n) is 8.38. The van der Waals surface area contributed by atoms with Gasteiger partial charge < -0.3 is 28.4 Å². The fraction of sp³-hybridized carbons (Fsp3) is 0.286. The summed E-state index contributed by atoms with van der Waals surface area (Å²) in [6.45, 7) is 10.2. The highest BCUT2D eigenvalue weighted by molar-refractivity contribution is 5.78. The zero-order valence-electron chi connectivity index (χ0n) is 28.3. The zero-order valence-corrected chi connectivity index (χ0v) is 28.3. The van der Waals surface area contributed by atoms with Crippen molar-refractivity contribution in [1.29, 1.82) is 0 Å². The van der Waals surface area contributed by atoms with Crippen molar-refractivity contribution in [2.45, 2.75) is 25.7 Å². The van der Waals surface area contributed by atoms with Crippen molar-refractivity contribution in [2.24, 2.45) is 11.8 Å². The van der Waals surface area contributed by atoms with Crippen molar-refractivity contribution in [3.8, 4) is 45.3 Å². The lowest BCUT2D eigenvalue weighted by molar-refractivity contribution is -0.145. The molecule has 1 saturated carbocycles. The molecule has 0 atom stereocenters. The summed E-state index contributed by atoms with van der Waals surface area (Å²) in [5.74, 6) is 1.49. The van der Waals surface area contributed by atoms with Gasteiger partial charge in [0.05, 0.1) is 38.3 Å². The third kappa shape index (κ3) is 10.9. The summed E-state index contributed by atoms with van der Waals surface area (Å²) in [5, 5.41) is 0. The monoisotopic (exact) mass is 676 g/mol. The number of benzene rings is 4. The van der Waals surface area contributed by atoms with Gasteiger partial charge in [-0.3, -0.25) is 9.59 Å². The van der Waals surface area contributed by atoms with Crippen molar-refractivity contribution in [3.63, 3.8) is 0 Å². The van der Waals surface area contributed by atoms with Crippen LogP contribution in [0.1, 0.15) is 25.7 Å². The molecule has 5 rings (SSSR count). The largest absolute Gasteiger partial charge is 0.491 e. The molecule has 0 aromatic heterocycles. The van der Waals surface area contributed by atoms with E-state index in [2.05, 4.69) is 13.2 Å². The topological polar surface area (TPSA) is 89.5 Å². The van der Waals surface area contributed by atoms with Crippen LogP contribution in [0, 0.1) is 11.8 Å². The van der Waals surface area contributed by atoms with Gasteiger partial charge in [-0.05, 0) is 96.5 Å². The summed E-state index contributed by atoms with van der Waals surface area (Å²) in [7, 11) is 0. The Bertz CT molecular complexity index is 1530. The van der Waals surface area contributed by atoms with Gasteiger partial charge in [-0.2, -0.15) is 0 Å². The van der Waals surface area contributed by atoms with Gasteiger partial charge in [0.15, 0.2) is 0 Å². The molecule has 0 radical (unpaired) electrons. The second-order valence-corrected chi connectivity index (χ2v) is 11.9. The van der Waals surface area contributed by atoms with Crippen LogP contribution in [0.15, 0.2) is 122 Å². The summed E-state index contributed by atoms with van der Waals surface area (Å²) in [6, 6.07) is 30.5. The van der Waals surface area contributed by atoms with Crippen molar-refractivity contribution >= 4 is 11.9 Å². The lowest BCUT2D eigenvalue weighted by Gasteiger charge is -2.25. The molecule has 50 heavy (non-hydrogen) atoms. The molecular weight excluding hydrogens is 632 g/mol. The first-order valence-electron chi connectivity index (χ1n) is 17.0. The Morgan fingerprint density at radius 1 is 0.480 bits per heavy atom. The normalized spacial score (nSPS) is 15.4. The van der Waals surface area contributed by atoms with E-state index < -0.39 is 0 Å². The molecule has 0 heterocycles. The van der Waals surface area contributed by atoms with Crippen molar-refractivity contribution < 1.29 is 38.0 Å². The minimum absolute atomic E-state index is 0.255. The molecule has 8 heteroatoms. The number of ether oxygens (including phenoxy) is 6. The van der Waals surface area contributed by atoms with Gasteiger partial charge in [0.1, 0.15) is 36.2 Å².